The Bertz CT molecular complexity index is 2270. The van der Waals surface area contributed by atoms with E-state index in [0.29, 0.717) is 51.9 Å². The lowest BCUT2D eigenvalue weighted by atomic mass is 9.87. The summed E-state index contributed by atoms with van der Waals surface area (Å²) in [4.78, 5) is 71.0. The number of hydrogen-bond acceptors (Lipinski definition) is 9. The molecule has 5 amide bonds. The van der Waals surface area contributed by atoms with Crippen LogP contribution in [0.1, 0.15) is 41.7 Å². The molecule has 14 heteroatoms. The molecule has 2 fully saturated rings. The average molecular weight is 817 g/mol. The zero-order valence-electron chi connectivity index (χ0n) is 32.9. The Morgan fingerprint density at radius 2 is 1.15 bits per heavy atom. The quantitative estimate of drug-likeness (QED) is 0.0785. The van der Waals surface area contributed by atoms with Gasteiger partial charge in [0.15, 0.2) is 0 Å². The summed E-state index contributed by atoms with van der Waals surface area (Å²) in [6.45, 7) is 2.11. The summed E-state index contributed by atoms with van der Waals surface area (Å²) in [6.07, 6.45) is 1.76. The highest BCUT2D eigenvalue weighted by molar-refractivity contribution is 7.19. The van der Waals surface area contributed by atoms with Gasteiger partial charge in [-0.05, 0) is 91.3 Å². The summed E-state index contributed by atoms with van der Waals surface area (Å²) in [6, 6.07) is 29.4. The first kappa shape index (κ1) is 41.5. The van der Waals surface area contributed by atoms with Crippen molar-refractivity contribution in [2.24, 2.45) is 11.5 Å². The molecule has 0 spiro atoms. The third-order valence-electron chi connectivity index (χ3n) is 11.5. The summed E-state index contributed by atoms with van der Waals surface area (Å²) in [5, 5.41) is 21.2. The van der Waals surface area contributed by atoms with Crippen molar-refractivity contribution in [3.05, 3.63) is 119 Å². The first-order valence-corrected chi connectivity index (χ1v) is 21.0. The molecule has 1 aromatic heterocycles. The number of primary amides is 1. The van der Waals surface area contributed by atoms with Gasteiger partial charge in [-0.1, -0.05) is 91.0 Å². The SMILES string of the molecule is NC(=O)C1(NC(=O)[C@H](Cc2ccccc2)NC(=O)[C@@H](Cc2ccc3ccccc3c2)NC(=O)[C@@H](Cc2cc3ccccc3s2)NC(=O)C2(N)CCNCC2)CCNCC1. The second-order valence-corrected chi connectivity index (χ2v) is 16.9. The molecule has 0 bridgehead atoms. The third-order valence-corrected chi connectivity index (χ3v) is 12.7. The molecule has 4 aromatic carbocycles. The molecule has 2 aliphatic heterocycles. The number of benzene rings is 4. The lowest BCUT2D eigenvalue weighted by Crippen LogP contribution is -2.65. The third kappa shape index (κ3) is 10.1. The zero-order chi connectivity index (χ0) is 41.4. The van der Waals surface area contributed by atoms with Crippen LogP contribution in [0.4, 0.5) is 0 Å². The fourth-order valence-electron chi connectivity index (χ4n) is 7.97. The van der Waals surface area contributed by atoms with E-state index in [1.54, 1.807) is 0 Å². The number of fused-ring (bicyclic) bond motifs is 2. The van der Waals surface area contributed by atoms with Crippen LogP contribution in [-0.4, -0.2) is 84.9 Å². The van der Waals surface area contributed by atoms with Gasteiger partial charge in [-0.15, -0.1) is 11.3 Å². The number of thiophene rings is 1. The van der Waals surface area contributed by atoms with Crippen LogP contribution in [0.2, 0.25) is 0 Å². The van der Waals surface area contributed by atoms with Crippen LogP contribution in [0.3, 0.4) is 0 Å². The normalized spacial score (nSPS) is 17.6. The van der Waals surface area contributed by atoms with Gasteiger partial charge in [-0.2, -0.15) is 0 Å². The lowest BCUT2D eigenvalue weighted by molar-refractivity contribution is -0.136. The molecule has 5 aromatic rings. The van der Waals surface area contributed by atoms with Crippen molar-refractivity contribution in [1.29, 1.82) is 0 Å². The van der Waals surface area contributed by atoms with E-state index in [0.717, 1.165) is 36.9 Å². The fraction of sp³-hybridized carbons (Fsp3) is 0.356. The highest BCUT2D eigenvalue weighted by Gasteiger charge is 2.42. The smallest absolute Gasteiger partial charge is 0.243 e. The van der Waals surface area contributed by atoms with Crippen LogP contribution in [-0.2, 0) is 43.2 Å². The monoisotopic (exact) mass is 816 g/mol. The van der Waals surface area contributed by atoms with E-state index >= 15 is 0 Å². The molecule has 2 aliphatic rings. The molecular weight excluding hydrogens is 765 g/mol. The maximum absolute atomic E-state index is 14.7. The molecule has 59 heavy (non-hydrogen) atoms. The number of rotatable bonds is 15. The average Bonchev–Trinajstić information content (AvgIpc) is 3.66. The van der Waals surface area contributed by atoms with E-state index in [9.17, 15) is 24.0 Å². The minimum atomic E-state index is -1.28. The fourth-order valence-corrected chi connectivity index (χ4v) is 9.08. The molecule has 7 rings (SSSR count). The highest BCUT2D eigenvalue weighted by Crippen LogP contribution is 2.27. The Morgan fingerprint density at radius 3 is 1.81 bits per heavy atom. The van der Waals surface area contributed by atoms with Crippen molar-refractivity contribution < 1.29 is 24.0 Å². The van der Waals surface area contributed by atoms with Crippen LogP contribution < -0.4 is 43.4 Å². The number of piperidine rings is 2. The number of amides is 5. The molecule has 13 nitrogen and oxygen atoms in total. The second kappa shape index (κ2) is 18.5. The van der Waals surface area contributed by atoms with Crippen LogP contribution in [0.25, 0.3) is 20.9 Å². The minimum absolute atomic E-state index is 0.0784. The Hall–Kier alpha value is -5.67. The number of nitrogens with two attached hydrogens (primary N) is 2. The maximum Gasteiger partial charge on any atom is 0.243 e. The summed E-state index contributed by atoms with van der Waals surface area (Å²) in [7, 11) is 0. The van der Waals surface area contributed by atoms with Gasteiger partial charge in [-0.3, -0.25) is 24.0 Å². The maximum atomic E-state index is 14.7. The topological polar surface area (TPSA) is 210 Å². The van der Waals surface area contributed by atoms with Crippen LogP contribution in [0.15, 0.2) is 103 Å². The number of nitrogens with one attached hydrogen (secondary N) is 6. The Balaban J connectivity index is 1.19. The first-order valence-electron chi connectivity index (χ1n) is 20.2. The largest absolute Gasteiger partial charge is 0.368 e. The van der Waals surface area contributed by atoms with E-state index in [-0.39, 0.29) is 19.3 Å². The lowest BCUT2D eigenvalue weighted by Gasteiger charge is -2.37. The van der Waals surface area contributed by atoms with Crippen molar-refractivity contribution in [3.63, 3.8) is 0 Å². The molecule has 0 radical (unpaired) electrons. The number of hydrogen-bond donors (Lipinski definition) is 8. The second-order valence-electron chi connectivity index (χ2n) is 15.8. The molecule has 308 valence electrons. The molecule has 3 atom stereocenters. The Labute approximate surface area is 347 Å². The van der Waals surface area contributed by atoms with Gasteiger partial charge in [0, 0.05) is 28.8 Å². The molecule has 0 aliphatic carbocycles. The van der Waals surface area contributed by atoms with Crippen LogP contribution >= 0.6 is 11.3 Å². The Kier molecular flexibility index (Phi) is 13.0. The number of carbonyl (C=O) groups is 5. The van der Waals surface area contributed by atoms with Gasteiger partial charge in [0.1, 0.15) is 23.7 Å². The van der Waals surface area contributed by atoms with Gasteiger partial charge >= 0.3 is 0 Å². The van der Waals surface area contributed by atoms with Gasteiger partial charge in [0.05, 0.1) is 5.54 Å². The zero-order valence-corrected chi connectivity index (χ0v) is 33.7. The standard InChI is InChI=1S/C45H52N8O5S/c46-42(57)45(18-22-49-23-19-45)53-41(56)36(25-29-8-2-1-3-9-29)51-39(54)35(26-30-14-15-31-10-4-5-11-32(31)24-30)50-40(55)37(52-43(58)44(47)16-20-48-21-17-44)28-34-27-33-12-6-7-13-38(33)59-34/h1-15,24,27,35-37,48-49H,16-23,25-26,28,47H2,(H2,46,57)(H,50,55)(H,51,54)(H,52,58)(H,53,56)/t35-,36+,37-/m1/s1. The molecule has 2 saturated heterocycles. The van der Waals surface area contributed by atoms with Crippen molar-refractivity contribution in [1.82, 2.24) is 31.9 Å². The Morgan fingerprint density at radius 1 is 0.593 bits per heavy atom. The molecule has 0 saturated carbocycles. The first-order chi connectivity index (χ1) is 28.5. The van der Waals surface area contributed by atoms with E-state index < -0.39 is 58.7 Å². The van der Waals surface area contributed by atoms with Gasteiger partial charge < -0.3 is 43.4 Å². The van der Waals surface area contributed by atoms with Crippen molar-refractivity contribution >= 4 is 61.7 Å². The summed E-state index contributed by atoms with van der Waals surface area (Å²) < 4.78 is 1.04. The van der Waals surface area contributed by atoms with Crippen LogP contribution in [0.5, 0.6) is 0 Å². The van der Waals surface area contributed by atoms with Crippen molar-refractivity contribution in [3.8, 4) is 0 Å². The molecule has 3 heterocycles. The van der Waals surface area contributed by atoms with Gasteiger partial charge in [0.25, 0.3) is 0 Å². The molecule has 10 N–H and O–H groups in total. The highest BCUT2D eigenvalue weighted by atomic mass is 32.1. The predicted octanol–water partition coefficient (Wildman–Crippen LogP) is 2.34. The van der Waals surface area contributed by atoms with E-state index in [4.69, 9.17) is 11.5 Å². The summed E-state index contributed by atoms with van der Waals surface area (Å²) >= 11 is 1.53. The summed E-state index contributed by atoms with van der Waals surface area (Å²) in [5.41, 5.74) is 11.6. The summed E-state index contributed by atoms with van der Waals surface area (Å²) in [5.74, 6) is -2.82. The van der Waals surface area contributed by atoms with Gasteiger partial charge in [0.2, 0.25) is 29.5 Å². The molecule has 0 unspecified atom stereocenters. The minimum Gasteiger partial charge on any atom is -0.368 e. The van der Waals surface area contributed by atoms with Gasteiger partial charge in [-0.25, -0.2) is 0 Å². The van der Waals surface area contributed by atoms with E-state index in [2.05, 4.69) is 31.9 Å². The molecular formula is C45H52N8O5S. The van der Waals surface area contributed by atoms with Crippen molar-refractivity contribution in [2.45, 2.75) is 74.1 Å². The van der Waals surface area contributed by atoms with E-state index in [1.807, 2.05) is 103 Å². The predicted molar refractivity (Wildman–Crippen MR) is 230 cm³/mol. The van der Waals surface area contributed by atoms with Crippen LogP contribution in [0, 0.1) is 0 Å². The van der Waals surface area contributed by atoms with Crippen molar-refractivity contribution in [2.75, 3.05) is 26.2 Å². The van der Waals surface area contributed by atoms with E-state index in [1.165, 1.54) is 11.3 Å². The number of carbonyl (C=O) groups excluding carboxylic acids is 5.